The number of amides is 1. The van der Waals surface area contributed by atoms with Gasteiger partial charge >= 0.3 is 0 Å². The fourth-order valence-corrected chi connectivity index (χ4v) is 4.29. The molecule has 0 saturated heterocycles. The van der Waals surface area contributed by atoms with Crippen molar-refractivity contribution >= 4 is 44.7 Å². The van der Waals surface area contributed by atoms with Crippen molar-refractivity contribution in [2.75, 3.05) is 10.0 Å². The largest absolute Gasteiger partial charge is 0.321 e. The molecule has 1 amide bonds. The summed E-state index contributed by atoms with van der Waals surface area (Å²) < 4.78 is 40.3. The fraction of sp³-hybridized carbons (Fsp3) is 0. The van der Waals surface area contributed by atoms with Gasteiger partial charge in [0.05, 0.1) is 11.4 Å². The molecule has 27 heavy (non-hydrogen) atoms. The van der Waals surface area contributed by atoms with E-state index in [4.69, 9.17) is 0 Å². The zero-order chi connectivity index (χ0) is 19.3. The van der Waals surface area contributed by atoms with E-state index in [0.29, 0.717) is 11.3 Å². The molecule has 0 radical (unpaired) electrons. The molecule has 0 aliphatic rings. The Balaban J connectivity index is 1.74. The second-order valence-electron chi connectivity index (χ2n) is 5.46. The minimum absolute atomic E-state index is 0.180. The Morgan fingerprint density at radius 1 is 0.963 bits per heavy atom. The van der Waals surface area contributed by atoms with Crippen molar-refractivity contribution in [1.82, 2.24) is 0 Å². The first-order valence-electron chi connectivity index (χ1n) is 7.84. The van der Waals surface area contributed by atoms with E-state index in [0.717, 1.165) is 11.3 Å². The zero-order valence-electron chi connectivity index (χ0n) is 13.9. The molecular formula is C19H15FN2O3S2. The van der Waals surface area contributed by atoms with Gasteiger partial charge in [-0.2, -0.15) is 0 Å². The van der Waals surface area contributed by atoms with Crippen LogP contribution in [0.4, 0.5) is 15.8 Å². The molecule has 0 bridgehead atoms. The molecule has 3 aromatic rings. The van der Waals surface area contributed by atoms with Crippen molar-refractivity contribution in [2.24, 2.45) is 0 Å². The molecule has 0 unspecified atom stereocenters. The summed E-state index contributed by atoms with van der Waals surface area (Å²) in [5, 5.41) is 4.31. The first-order chi connectivity index (χ1) is 12.9. The summed E-state index contributed by atoms with van der Waals surface area (Å²) in [6, 6.07) is 15.3. The summed E-state index contributed by atoms with van der Waals surface area (Å²) in [6.45, 7) is 0. The third-order valence-electron chi connectivity index (χ3n) is 3.49. The number of nitrogens with one attached hydrogen (secondary N) is 2. The molecule has 0 fully saturated rings. The highest BCUT2D eigenvalue weighted by atomic mass is 32.2. The van der Waals surface area contributed by atoms with Crippen LogP contribution < -0.4 is 10.0 Å². The molecule has 1 heterocycles. The lowest BCUT2D eigenvalue weighted by atomic mass is 10.2. The fourth-order valence-electron chi connectivity index (χ4n) is 2.21. The number of thiophene rings is 1. The van der Waals surface area contributed by atoms with Gasteiger partial charge in [-0.25, -0.2) is 12.8 Å². The predicted molar refractivity (Wildman–Crippen MR) is 106 cm³/mol. The number of hydrogen-bond donors (Lipinski definition) is 2. The minimum atomic E-state index is -3.72. The summed E-state index contributed by atoms with van der Waals surface area (Å²) in [5.74, 6) is -0.800. The summed E-state index contributed by atoms with van der Waals surface area (Å²) in [6.07, 6.45) is 2.82. The molecule has 3 rings (SSSR count). The first-order valence-corrected chi connectivity index (χ1v) is 10.2. The van der Waals surface area contributed by atoms with E-state index in [1.165, 1.54) is 30.4 Å². The van der Waals surface area contributed by atoms with E-state index in [1.54, 1.807) is 47.8 Å². The van der Waals surface area contributed by atoms with E-state index in [-0.39, 0.29) is 15.7 Å². The van der Waals surface area contributed by atoms with Gasteiger partial charge in [-0.15, -0.1) is 11.3 Å². The Kier molecular flexibility index (Phi) is 5.68. The van der Waals surface area contributed by atoms with E-state index >= 15 is 0 Å². The van der Waals surface area contributed by atoms with Gasteiger partial charge in [0.15, 0.2) is 0 Å². The predicted octanol–water partition coefficient (Wildman–Crippen LogP) is 4.34. The van der Waals surface area contributed by atoms with Gasteiger partial charge in [-0.1, -0.05) is 30.3 Å². The Hall–Kier alpha value is -2.97. The van der Waals surface area contributed by atoms with Gasteiger partial charge in [0.25, 0.3) is 10.0 Å². The van der Waals surface area contributed by atoms with Gasteiger partial charge < -0.3 is 5.32 Å². The number of hydrogen-bond acceptors (Lipinski definition) is 4. The molecule has 8 heteroatoms. The molecule has 2 N–H and O–H groups in total. The molecule has 0 saturated carbocycles. The van der Waals surface area contributed by atoms with Gasteiger partial charge in [0, 0.05) is 6.08 Å². The molecule has 0 atom stereocenters. The Bertz CT molecular complexity index is 1060. The van der Waals surface area contributed by atoms with E-state index in [2.05, 4.69) is 10.0 Å². The first kappa shape index (κ1) is 18.8. The average Bonchev–Trinajstić information content (AvgIpc) is 3.18. The van der Waals surface area contributed by atoms with Gasteiger partial charge in [0.1, 0.15) is 10.0 Å². The lowest BCUT2D eigenvalue weighted by Crippen LogP contribution is -2.15. The topological polar surface area (TPSA) is 75.3 Å². The molecule has 0 aliphatic carbocycles. The Labute approximate surface area is 160 Å². The van der Waals surface area contributed by atoms with Crippen LogP contribution in [0.15, 0.2) is 76.3 Å². The number of para-hydroxylation sites is 2. The zero-order valence-corrected chi connectivity index (χ0v) is 15.6. The van der Waals surface area contributed by atoms with Crippen molar-refractivity contribution in [3.05, 3.63) is 83.5 Å². The number of carbonyl (C=O) groups is 1. The minimum Gasteiger partial charge on any atom is -0.321 e. The van der Waals surface area contributed by atoms with Crippen molar-refractivity contribution < 1.29 is 17.6 Å². The molecule has 0 spiro atoms. The van der Waals surface area contributed by atoms with Crippen LogP contribution in [0.2, 0.25) is 0 Å². The lowest BCUT2D eigenvalue weighted by Gasteiger charge is -2.12. The highest BCUT2D eigenvalue weighted by molar-refractivity contribution is 7.94. The quantitative estimate of drug-likeness (QED) is 0.602. The van der Waals surface area contributed by atoms with Gasteiger partial charge in [0.2, 0.25) is 5.91 Å². The number of rotatable bonds is 6. The van der Waals surface area contributed by atoms with Crippen LogP contribution >= 0.6 is 11.3 Å². The molecular weight excluding hydrogens is 387 g/mol. The molecule has 1 aromatic heterocycles. The molecule has 2 aromatic carbocycles. The maximum Gasteiger partial charge on any atom is 0.271 e. The SMILES string of the molecule is O=C(/C=C/c1ccc(F)cc1)Nc1ccccc1NS(=O)(=O)c1cccs1. The van der Waals surface area contributed by atoms with E-state index < -0.39 is 15.9 Å². The maximum absolute atomic E-state index is 12.9. The van der Waals surface area contributed by atoms with Crippen molar-refractivity contribution in [3.8, 4) is 0 Å². The van der Waals surface area contributed by atoms with Crippen molar-refractivity contribution in [1.29, 1.82) is 0 Å². The van der Waals surface area contributed by atoms with Gasteiger partial charge in [-0.05, 0) is 47.4 Å². The highest BCUT2D eigenvalue weighted by Crippen LogP contribution is 2.26. The third-order valence-corrected chi connectivity index (χ3v) is 6.25. The summed E-state index contributed by atoms with van der Waals surface area (Å²) in [7, 11) is -3.72. The van der Waals surface area contributed by atoms with Crippen LogP contribution in [0.3, 0.4) is 0 Å². The molecule has 5 nitrogen and oxygen atoms in total. The van der Waals surface area contributed by atoms with Crippen molar-refractivity contribution in [2.45, 2.75) is 4.21 Å². The van der Waals surface area contributed by atoms with E-state index in [9.17, 15) is 17.6 Å². The smallest absolute Gasteiger partial charge is 0.271 e. The summed E-state index contributed by atoms with van der Waals surface area (Å²) in [4.78, 5) is 12.2. The summed E-state index contributed by atoms with van der Waals surface area (Å²) >= 11 is 1.10. The maximum atomic E-state index is 12.9. The second-order valence-corrected chi connectivity index (χ2v) is 8.31. The average molecular weight is 402 g/mol. The number of anilines is 2. The van der Waals surface area contributed by atoms with Crippen molar-refractivity contribution in [3.63, 3.8) is 0 Å². The van der Waals surface area contributed by atoms with Crippen LogP contribution in [0, 0.1) is 5.82 Å². The van der Waals surface area contributed by atoms with Crippen LogP contribution in [0.25, 0.3) is 6.08 Å². The van der Waals surface area contributed by atoms with Crippen LogP contribution in [0.1, 0.15) is 5.56 Å². The Morgan fingerprint density at radius 2 is 1.67 bits per heavy atom. The highest BCUT2D eigenvalue weighted by Gasteiger charge is 2.17. The lowest BCUT2D eigenvalue weighted by molar-refractivity contribution is -0.111. The van der Waals surface area contributed by atoms with Crippen LogP contribution in [-0.4, -0.2) is 14.3 Å². The Morgan fingerprint density at radius 3 is 2.33 bits per heavy atom. The number of carbonyl (C=O) groups excluding carboxylic acids is 1. The van der Waals surface area contributed by atoms with Crippen LogP contribution in [-0.2, 0) is 14.8 Å². The normalized spacial score (nSPS) is 11.4. The third kappa shape index (κ3) is 5.02. The summed E-state index contributed by atoms with van der Waals surface area (Å²) in [5.41, 5.74) is 1.25. The van der Waals surface area contributed by atoms with Gasteiger partial charge in [-0.3, -0.25) is 9.52 Å². The standard InChI is InChI=1S/C19H15FN2O3S2/c20-15-10-7-14(8-11-15)9-12-18(23)21-16-4-1-2-5-17(16)22-27(24,25)19-6-3-13-26-19/h1-13,22H,(H,21,23)/b12-9+. The molecule has 138 valence electrons. The van der Waals surface area contributed by atoms with Crippen LogP contribution in [0.5, 0.6) is 0 Å². The number of benzene rings is 2. The monoisotopic (exact) mass is 402 g/mol. The van der Waals surface area contributed by atoms with E-state index in [1.807, 2.05) is 0 Å². The second kappa shape index (κ2) is 8.15. The molecule has 0 aliphatic heterocycles. The number of sulfonamides is 1. The number of halogens is 1.